The highest BCUT2D eigenvalue weighted by Crippen LogP contribution is 2.15. The minimum atomic E-state index is -0.142. The second kappa shape index (κ2) is 4.64. The topological polar surface area (TPSA) is 49.8 Å². The summed E-state index contributed by atoms with van der Waals surface area (Å²) in [5, 5.41) is 8.49. The number of nitriles is 1. The summed E-state index contributed by atoms with van der Waals surface area (Å²) >= 11 is 0. The predicted octanol–water partition coefficient (Wildman–Crippen LogP) is 2.16. The number of nitrogens with two attached hydrogens (primary N) is 1. The summed E-state index contributed by atoms with van der Waals surface area (Å²) in [6, 6.07) is 10.0. The Bertz CT molecular complexity index is 312. The van der Waals surface area contributed by atoms with Gasteiger partial charge in [0.1, 0.15) is 0 Å². The zero-order chi connectivity index (χ0) is 9.68. The van der Waals surface area contributed by atoms with Gasteiger partial charge in [-0.05, 0) is 17.5 Å². The van der Waals surface area contributed by atoms with Crippen LogP contribution in [0.25, 0.3) is 0 Å². The number of rotatable bonds is 3. The second-order valence-corrected chi connectivity index (χ2v) is 3.07. The molecule has 2 nitrogen and oxygen atoms in total. The Labute approximate surface area is 79.0 Å². The first-order valence-electron chi connectivity index (χ1n) is 4.49. The maximum atomic E-state index is 8.49. The van der Waals surface area contributed by atoms with Gasteiger partial charge in [-0.25, -0.2) is 0 Å². The van der Waals surface area contributed by atoms with E-state index in [1.165, 1.54) is 5.56 Å². The Morgan fingerprint density at radius 3 is 2.92 bits per heavy atom. The van der Waals surface area contributed by atoms with Crippen molar-refractivity contribution in [2.75, 3.05) is 0 Å². The van der Waals surface area contributed by atoms with Gasteiger partial charge in [0, 0.05) is 6.04 Å². The third-order valence-corrected chi connectivity index (χ3v) is 2.10. The predicted molar refractivity (Wildman–Crippen MR) is 53.0 cm³/mol. The Hall–Kier alpha value is -1.33. The molecule has 0 aliphatic heterocycles. The van der Waals surface area contributed by atoms with E-state index < -0.39 is 0 Å². The van der Waals surface area contributed by atoms with E-state index in [2.05, 4.69) is 25.1 Å². The number of nitrogens with zero attached hydrogens (tertiary/aromatic N) is 1. The van der Waals surface area contributed by atoms with Crippen LogP contribution in [0.15, 0.2) is 24.3 Å². The summed E-state index contributed by atoms with van der Waals surface area (Å²) in [5.41, 5.74) is 8.13. The molecule has 0 bridgehead atoms. The molecule has 0 aliphatic carbocycles. The van der Waals surface area contributed by atoms with Gasteiger partial charge < -0.3 is 5.73 Å². The average molecular weight is 174 g/mol. The molecule has 1 aromatic rings. The van der Waals surface area contributed by atoms with Crippen molar-refractivity contribution in [1.82, 2.24) is 0 Å². The van der Waals surface area contributed by atoms with E-state index in [1.807, 2.05) is 12.1 Å². The highest BCUT2D eigenvalue weighted by atomic mass is 14.6. The standard InChI is InChI=1S/C11H14N2/c1-2-9-4-3-5-10(8-9)11(13)6-7-12/h3-5,8,11H,2,6,13H2,1H3. The van der Waals surface area contributed by atoms with Crippen LogP contribution >= 0.6 is 0 Å². The van der Waals surface area contributed by atoms with Crippen LogP contribution in [0.1, 0.15) is 30.5 Å². The monoisotopic (exact) mass is 174 g/mol. The van der Waals surface area contributed by atoms with Crippen molar-refractivity contribution in [3.8, 4) is 6.07 Å². The van der Waals surface area contributed by atoms with Gasteiger partial charge in [0.25, 0.3) is 0 Å². The quantitative estimate of drug-likeness (QED) is 0.763. The normalized spacial score (nSPS) is 12.1. The van der Waals surface area contributed by atoms with Gasteiger partial charge in [0.15, 0.2) is 0 Å². The molecule has 0 aliphatic rings. The van der Waals surface area contributed by atoms with E-state index in [-0.39, 0.29) is 6.04 Å². The number of hydrogen-bond acceptors (Lipinski definition) is 2. The van der Waals surface area contributed by atoms with Crippen LogP contribution in [0, 0.1) is 11.3 Å². The zero-order valence-electron chi connectivity index (χ0n) is 7.83. The highest BCUT2D eigenvalue weighted by Gasteiger charge is 2.04. The smallest absolute Gasteiger partial charge is 0.0641 e. The first kappa shape index (κ1) is 9.76. The molecule has 68 valence electrons. The lowest BCUT2D eigenvalue weighted by molar-refractivity contribution is 0.747. The lowest BCUT2D eigenvalue weighted by Gasteiger charge is -2.08. The fourth-order valence-electron chi connectivity index (χ4n) is 1.26. The van der Waals surface area contributed by atoms with Crippen LogP contribution in [0.2, 0.25) is 0 Å². The van der Waals surface area contributed by atoms with Crippen molar-refractivity contribution in [1.29, 1.82) is 5.26 Å². The van der Waals surface area contributed by atoms with Crippen molar-refractivity contribution in [2.45, 2.75) is 25.8 Å². The molecule has 0 saturated carbocycles. The first-order chi connectivity index (χ1) is 6.27. The van der Waals surface area contributed by atoms with Gasteiger partial charge in [-0.1, -0.05) is 31.2 Å². The van der Waals surface area contributed by atoms with Crippen LogP contribution in [0.3, 0.4) is 0 Å². The van der Waals surface area contributed by atoms with Gasteiger partial charge in [0.2, 0.25) is 0 Å². The van der Waals surface area contributed by atoms with E-state index in [9.17, 15) is 0 Å². The van der Waals surface area contributed by atoms with Crippen molar-refractivity contribution in [2.24, 2.45) is 5.73 Å². The van der Waals surface area contributed by atoms with Crippen LogP contribution < -0.4 is 5.73 Å². The molecule has 1 atom stereocenters. The van der Waals surface area contributed by atoms with Gasteiger partial charge in [-0.15, -0.1) is 0 Å². The third-order valence-electron chi connectivity index (χ3n) is 2.10. The Morgan fingerprint density at radius 1 is 1.54 bits per heavy atom. The minimum Gasteiger partial charge on any atom is -0.323 e. The minimum absolute atomic E-state index is 0.142. The van der Waals surface area contributed by atoms with Gasteiger partial charge in [-0.2, -0.15) is 5.26 Å². The van der Waals surface area contributed by atoms with Crippen molar-refractivity contribution in [3.05, 3.63) is 35.4 Å². The fraction of sp³-hybridized carbons (Fsp3) is 0.364. The van der Waals surface area contributed by atoms with E-state index >= 15 is 0 Å². The zero-order valence-corrected chi connectivity index (χ0v) is 7.83. The number of hydrogen-bond donors (Lipinski definition) is 1. The molecule has 0 spiro atoms. The van der Waals surface area contributed by atoms with E-state index in [1.54, 1.807) is 0 Å². The molecule has 2 heteroatoms. The number of benzene rings is 1. The maximum Gasteiger partial charge on any atom is 0.0641 e. The number of aryl methyl sites for hydroxylation is 1. The van der Waals surface area contributed by atoms with Gasteiger partial charge in [-0.3, -0.25) is 0 Å². The molecular weight excluding hydrogens is 160 g/mol. The maximum absolute atomic E-state index is 8.49. The molecule has 0 aromatic heterocycles. The fourth-order valence-corrected chi connectivity index (χ4v) is 1.26. The second-order valence-electron chi connectivity index (χ2n) is 3.07. The Kier molecular flexibility index (Phi) is 3.48. The molecule has 2 N–H and O–H groups in total. The van der Waals surface area contributed by atoms with Crippen LogP contribution in [0.5, 0.6) is 0 Å². The van der Waals surface area contributed by atoms with E-state index in [0.29, 0.717) is 6.42 Å². The Morgan fingerprint density at radius 2 is 2.31 bits per heavy atom. The average Bonchev–Trinajstić information content (AvgIpc) is 2.18. The molecule has 1 aromatic carbocycles. The summed E-state index contributed by atoms with van der Waals surface area (Å²) in [4.78, 5) is 0. The molecule has 0 amide bonds. The lowest BCUT2D eigenvalue weighted by Crippen LogP contribution is -2.09. The molecule has 1 rings (SSSR count). The summed E-state index contributed by atoms with van der Waals surface area (Å²) < 4.78 is 0. The van der Waals surface area contributed by atoms with Crippen LogP contribution in [0.4, 0.5) is 0 Å². The van der Waals surface area contributed by atoms with Crippen molar-refractivity contribution in [3.63, 3.8) is 0 Å². The molecule has 0 heterocycles. The SMILES string of the molecule is CCc1cccc(C(N)CC#N)c1. The highest BCUT2D eigenvalue weighted by molar-refractivity contribution is 5.26. The summed E-state index contributed by atoms with van der Waals surface area (Å²) in [6.45, 7) is 2.11. The largest absolute Gasteiger partial charge is 0.323 e. The van der Waals surface area contributed by atoms with Gasteiger partial charge >= 0.3 is 0 Å². The van der Waals surface area contributed by atoms with Crippen molar-refractivity contribution >= 4 is 0 Å². The van der Waals surface area contributed by atoms with Gasteiger partial charge in [0.05, 0.1) is 12.5 Å². The lowest BCUT2D eigenvalue weighted by atomic mass is 10.0. The first-order valence-corrected chi connectivity index (χ1v) is 4.49. The summed E-state index contributed by atoms with van der Waals surface area (Å²) in [5.74, 6) is 0. The summed E-state index contributed by atoms with van der Waals surface area (Å²) in [7, 11) is 0. The molecule has 0 radical (unpaired) electrons. The van der Waals surface area contributed by atoms with E-state index in [0.717, 1.165) is 12.0 Å². The van der Waals surface area contributed by atoms with Crippen LogP contribution in [-0.4, -0.2) is 0 Å². The molecular formula is C11H14N2. The van der Waals surface area contributed by atoms with Crippen molar-refractivity contribution < 1.29 is 0 Å². The van der Waals surface area contributed by atoms with Crippen LogP contribution in [-0.2, 0) is 6.42 Å². The Balaban J connectivity index is 2.83. The summed E-state index contributed by atoms with van der Waals surface area (Å²) in [6.07, 6.45) is 1.39. The third kappa shape index (κ3) is 2.57. The molecule has 0 saturated heterocycles. The molecule has 13 heavy (non-hydrogen) atoms. The molecule has 1 unspecified atom stereocenters. The molecule has 0 fully saturated rings. The van der Waals surface area contributed by atoms with E-state index in [4.69, 9.17) is 11.0 Å².